The average molecular weight is 338 g/mol. The lowest BCUT2D eigenvalue weighted by atomic mass is 10.1. The third-order valence-corrected chi connectivity index (χ3v) is 2.62. The third-order valence-electron chi connectivity index (χ3n) is 2.03. The molecular formula is C12H11BrF3NO2. The van der Waals surface area contributed by atoms with Gasteiger partial charge in [0.2, 0.25) is 0 Å². The molecule has 0 saturated carbocycles. The summed E-state index contributed by atoms with van der Waals surface area (Å²) in [5.74, 6) is 0.173. The molecule has 0 aliphatic heterocycles. The van der Waals surface area contributed by atoms with Gasteiger partial charge >= 0.3 is 6.18 Å². The van der Waals surface area contributed by atoms with Crippen LogP contribution in [0.15, 0.2) is 16.6 Å². The van der Waals surface area contributed by atoms with Crippen molar-refractivity contribution in [3.63, 3.8) is 0 Å². The maximum atomic E-state index is 12.2. The number of nitrogens with zero attached hydrogens (tertiary/aromatic N) is 1. The summed E-state index contributed by atoms with van der Waals surface area (Å²) in [4.78, 5) is 0. The number of halogens is 4. The highest BCUT2D eigenvalue weighted by Crippen LogP contribution is 2.37. The molecule has 104 valence electrons. The number of alkyl halides is 3. The van der Waals surface area contributed by atoms with Gasteiger partial charge in [0.05, 0.1) is 23.6 Å². The number of ether oxygens (including phenoxy) is 2. The maximum absolute atomic E-state index is 12.2. The summed E-state index contributed by atoms with van der Waals surface area (Å²) in [6, 6.07) is 5.00. The highest BCUT2D eigenvalue weighted by Gasteiger charge is 2.29. The summed E-state index contributed by atoms with van der Waals surface area (Å²) < 4.78 is 46.8. The van der Waals surface area contributed by atoms with Gasteiger partial charge in [-0.25, -0.2) is 0 Å². The first-order valence-corrected chi connectivity index (χ1v) is 6.18. The molecule has 3 nitrogen and oxygen atoms in total. The second-order valence-corrected chi connectivity index (χ2v) is 4.43. The van der Waals surface area contributed by atoms with Crippen molar-refractivity contribution >= 4 is 15.9 Å². The summed E-state index contributed by atoms with van der Waals surface area (Å²) in [6.45, 7) is 0.590. The Morgan fingerprint density at radius 1 is 1.32 bits per heavy atom. The van der Waals surface area contributed by atoms with Crippen molar-refractivity contribution in [3.05, 3.63) is 22.2 Å². The Morgan fingerprint density at radius 3 is 2.53 bits per heavy atom. The van der Waals surface area contributed by atoms with Crippen LogP contribution >= 0.6 is 15.9 Å². The van der Waals surface area contributed by atoms with Gasteiger partial charge in [0, 0.05) is 0 Å². The van der Waals surface area contributed by atoms with Crippen molar-refractivity contribution in [2.24, 2.45) is 0 Å². The van der Waals surface area contributed by atoms with Crippen molar-refractivity contribution in [3.8, 4) is 17.6 Å². The number of nitriles is 1. The summed E-state index contributed by atoms with van der Waals surface area (Å²) in [5.41, 5.74) is 0.636. The van der Waals surface area contributed by atoms with Crippen molar-refractivity contribution in [1.29, 1.82) is 5.26 Å². The van der Waals surface area contributed by atoms with Crippen LogP contribution in [0.5, 0.6) is 11.5 Å². The molecule has 7 heteroatoms. The first-order valence-electron chi connectivity index (χ1n) is 5.39. The van der Waals surface area contributed by atoms with E-state index < -0.39 is 12.8 Å². The molecule has 0 bridgehead atoms. The Labute approximate surface area is 117 Å². The van der Waals surface area contributed by atoms with E-state index >= 15 is 0 Å². The third kappa shape index (κ3) is 4.99. The molecule has 0 saturated heterocycles. The molecule has 0 N–H and O–H groups in total. The quantitative estimate of drug-likeness (QED) is 0.819. The van der Waals surface area contributed by atoms with Crippen LogP contribution in [0.25, 0.3) is 0 Å². The van der Waals surface area contributed by atoms with Gasteiger partial charge in [0.25, 0.3) is 0 Å². The number of rotatable bonds is 5. The van der Waals surface area contributed by atoms with E-state index in [9.17, 15) is 13.2 Å². The highest BCUT2D eigenvalue weighted by molar-refractivity contribution is 9.10. The topological polar surface area (TPSA) is 42.2 Å². The molecule has 0 aliphatic carbocycles. The molecular weight excluding hydrogens is 327 g/mol. The smallest absolute Gasteiger partial charge is 0.422 e. The van der Waals surface area contributed by atoms with E-state index in [0.717, 1.165) is 0 Å². The molecule has 0 unspecified atom stereocenters. The Hall–Kier alpha value is -1.42. The minimum Gasteiger partial charge on any atom is -0.490 e. The van der Waals surface area contributed by atoms with E-state index in [4.69, 9.17) is 14.7 Å². The molecule has 1 rings (SSSR count). The van der Waals surface area contributed by atoms with Gasteiger partial charge in [-0.15, -0.1) is 0 Å². The van der Waals surface area contributed by atoms with Crippen molar-refractivity contribution in [2.75, 3.05) is 13.2 Å². The van der Waals surface area contributed by atoms with Gasteiger partial charge in [-0.2, -0.15) is 18.4 Å². The van der Waals surface area contributed by atoms with E-state index in [1.54, 1.807) is 6.92 Å². The number of hydrogen-bond donors (Lipinski definition) is 0. The fraction of sp³-hybridized carbons (Fsp3) is 0.417. The van der Waals surface area contributed by atoms with E-state index in [-0.39, 0.29) is 24.5 Å². The summed E-state index contributed by atoms with van der Waals surface area (Å²) >= 11 is 3.12. The number of hydrogen-bond acceptors (Lipinski definition) is 3. The number of benzene rings is 1. The molecule has 0 atom stereocenters. The van der Waals surface area contributed by atoms with Crippen LogP contribution in [0.3, 0.4) is 0 Å². The van der Waals surface area contributed by atoms with Crippen LogP contribution in [-0.4, -0.2) is 19.4 Å². The van der Waals surface area contributed by atoms with E-state index in [2.05, 4.69) is 15.9 Å². The van der Waals surface area contributed by atoms with Crippen molar-refractivity contribution < 1.29 is 22.6 Å². The van der Waals surface area contributed by atoms with Gasteiger partial charge in [0.15, 0.2) is 18.1 Å². The largest absolute Gasteiger partial charge is 0.490 e. The molecule has 19 heavy (non-hydrogen) atoms. The molecule has 0 aliphatic rings. The zero-order valence-electron chi connectivity index (χ0n) is 10.1. The summed E-state index contributed by atoms with van der Waals surface area (Å²) in [5, 5.41) is 8.62. The Kier molecular flexibility index (Phi) is 5.48. The Balaban J connectivity index is 3.04. The lowest BCUT2D eigenvalue weighted by Gasteiger charge is -2.15. The second kappa shape index (κ2) is 6.66. The first-order chi connectivity index (χ1) is 8.87. The van der Waals surface area contributed by atoms with Gasteiger partial charge in [-0.3, -0.25) is 0 Å². The lowest BCUT2D eigenvalue weighted by molar-refractivity contribution is -0.153. The zero-order valence-corrected chi connectivity index (χ0v) is 11.6. The zero-order chi connectivity index (χ0) is 14.5. The molecule has 1 aromatic rings. The molecule has 0 aromatic heterocycles. The van der Waals surface area contributed by atoms with Crippen molar-refractivity contribution in [2.45, 2.75) is 19.5 Å². The highest BCUT2D eigenvalue weighted by atomic mass is 79.9. The van der Waals surface area contributed by atoms with E-state index in [1.165, 1.54) is 12.1 Å². The van der Waals surface area contributed by atoms with Crippen LogP contribution in [-0.2, 0) is 6.42 Å². The van der Waals surface area contributed by atoms with Gasteiger partial charge in [-0.1, -0.05) is 0 Å². The van der Waals surface area contributed by atoms with Crippen LogP contribution in [0.2, 0.25) is 0 Å². The normalized spacial score (nSPS) is 10.9. The molecule has 0 spiro atoms. The average Bonchev–Trinajstić information content (AvgIpc) is 2.27. The molecule has 0 heterocycles. The minimum atomic E-state index is -4.42. The Bertz CT molecular complexity index is 483. The monoisotopic (exact) mass is 337 g/mol. The first kappa shape index (κ1) is 15.6. The predicted molar refractivity (Wildman–Crippen MR) is 66.2 cm³/mol. The van der Waals surface area contributed by atoms with E-state index in [1.807, 2.05) is 6.07 Å². The maximum Gasteiger partial charge on any atom is 0.422 e. The molecule has 0 fully saturated rings. The SMILES string of the molecule is CCOc1cc(CC#N)cc(Br)c1OCC(F)(F)F. The van der Waals surface area contributed by atoms with Crippen LogP contribution in [0.1, 0.15) is 12.5 Å². The van der Waals surface area contributed by atoms with Gasteiger partial charge < -0.3 is 9.47 Å². The summed E-state index contributed by atoms with van der Waals surface area (Å²) in [6.07, 6.45) is -4.29. The Morgan fingerprint density at radius 2 is 2.00 bits per heavy atom. The van der Waals surface area contributed by atoms with Gasteiger partial charge in [-0.05, 0) is 40.5 Å². The van der Waals surface area contributed by atoms with Gasteiger partial charge in [0.1, 0.15) is 0 Å². The lowest BCUT2D eigenvalue weighted by Crippen LogP contribution is -2.19. The summed E-state index contributed by atoms with van der Waals surface area (Å²) in [7, 11) is 0. The second-order valence-electron chi connectivity index (χ2n) is 3.58. The van der Waals surface area contributed by atoms with Crippen LogP contribution in [0, 0.1) is 11.3 Å². The minimum absolute atomic E-state index is 0.0131. The van der Waals surface area contributed by atoms with E-state index in [0.29, 0.717) is 10.0 Å². The standard InChI is InChI=1S/C12H11BrF3NO2/c1-2-18-10-6-8(3-4-17)5-9(13)11(10)19-7-12(14,15)16/h5-6H,2-3,7H2,1H3. The predicted octanol–water partition coefficient (Wildman–Crippen LogP) is 3.85. The van der Waals surface area contributed by atoms with Crippen LogP contribution < -0.4 is 9.47 Å². The molecule has 0 radical (unpaired) electrons. The van der Waals surface area contributed by atoms with Crippen LogP contribution in [0.4, 0.5) is 13.2 Å². The molecule has 1 aromatic carbocycles. The fourth-order valence-corrected chi connectivity index (χ4v) is 1.98. The fourth-order valence-electron chi connectivity index (χ4n) is 1.37. The van der Waals surface area contributed by atoms with Crippen molar-refractivity contribution in [1.82, 2.24) is 0 Å². The molecule has 0 amide bonds.